The Kier molecular flexibility index (Phi) is 10.5. The van der Waals surface area contributed by atoms with E-state index >= 15 is 0 Å². The van der Waals surface area contributed by atoms with Gasteiger partial charge in [-0.25, -0.2) is 0 Å². The van der Waals surface area contributed by atoms with E-state index in [0.717, 1.165) is 38.0 Å². The highest BCUT2D eigenvalue weighted by Gasteiger charge is 2.78. The number of unbranched alkanes of at least 4 members (excludes halogenated alkanes) is 1. The van der Waals surface area contributed by atoms with Gasteiger partial charge in [0.25, 0.3) is 0 Å². The molecule has 14 nitrogen and oxygen atoms in total. The molecule has 3 aliphatic carbocycles. The number of benzene rings is 2. The van der Waals surface area contributed by atoms with Crippen molar-refractivity contribution in [2.45, 2.75) is 62.7 Å². The highest BCUT2D eigenvalue weighted by Crippen LogP contribution is 2.57. The SMILES string of the molecule is CCCCOCCCNCc1ccc(OC)c(-c2ccc(O)c3c2C[C@@]2(N)C[C@@]4(N)[C@H](N(C)C)C(=O)C(C(N)=O)C(=O)[C@@]4(C#N)C(=O)C2C3=O)c1. The number of carbonyl (C=O) groups excluding carboxylic acids is 5. The number of methoxy groups -OCH3 is 1. The monoisotopic (exact) mass is 702 g/mol. The van der Waals surface area contributed by atoms with Crippen LogP contribution in [-0.4, -0.2) is 97.1 Å². The summed E-state index contributed by atoms with van der Waals surface area (Å²) in [5.41, 5.74) is 14.7. The lowest BCUT2D eigenvalue weighted by molar-refractivity contribution is -0.166. The molecule has 5 rings (SSSR count). The summed E-state index contributed by atoms with van der Waals surface area (Å²) in [5, 5.41) is 25.1. The molecule has 0 heterocycles. The fraction of sp³-hybridized carbons (Fsp3) is 0.514. The third kappa shape index (κ3) is 5.92. The first-order valence-electron chi connectivity index (χ1n) is 17.1. The van der Waals surface area contributed by atoms with E-state index in [-0.39, 0.29) is 12.0 Å². The second-order valence-electron chi connectivity index (χ2n) is 14.1. The van der Waals surface area contributed by atoms with Gasteiger partial charge in [-0.15, -0.1) is 0 Å². The maximum absolute atomic E-state index is 14.6. The van der Waals surface area contributed by atoms with Crippen molar-refractivity contribution >= 4 is 29.0 Å². The summed E-state index contributed by atoms with van der Waals surface area (Å²) in [6.07, 6.45) is 2.25. The standard InChI is InChI=1S/C37H46N6O8/c1-5-6-13-51-14-7-12-42-17-20-8-11-25(50-4)22(15-20)21-9-10-24(44)26-23(21)16-35(40)18-37(41)31(43(2)3)30(46)27(34(39)49)32(47)36(37,19-38)33(48)28(35)29(26)45/h8-11,15,27-28,31,42,44H,5-7,12-14,16-18,40-41H2,1-4H3,(H2,39,49)/t27?,28?,31-,35-,36+,37-/m1/s1. The molecule has 8 N–H and O–H groups in total. The number of carbonyl (C=O) groups is 5. The molecule has 2 fully saturated rings. The first-order valence-corrected chi connectivity index (χ1v) is 17.1. The number of nitrogens with one attached hydrogen (secondary N) is 1. The van der Waals surface area contributed by atoms with Gasteiger partial charge in [-0.1, -0.05) is 25.5 Å². The molecular weight excluding hydrogens is 656 g/mol. The lowest BCUT2D eigenvalue weighted by atomic mass is 9.42. The number of phenolic OH excluding ortho intramolecular Hbond substituents is 1. The van der Waals surface area contributed by atoms with Crippen molar-refractivity contribution in [3.63, 3.8) is 0 Å². The molecule has 0 spiro atoms. The van der Waals surface area contributed by atoms with Crippen LogP contribution in [0.15, 0.2) is 30.3 Å². The summed E-state index contributed by atoms with van der Waals surface area (Å²) in [6, 6.07) is 8.79. The topological polar surface area (TPSA) is 241 Å². The number of amides is 1. The fourth-order valence-electron chi connectivity index (χ4n) is 8.42. The van der Waals surface area contributed by atoms with Crippen LogP contribution in [0.4, 0.5) is 0 Å². The van der Waals surface area contributed by atoms with Gasteiger partial charge in [-0.3, -0.25) is 28.9 Å². The lowest BCUT2D eigenvalue weighted by Gasteiger charge is -2.60. The molecule has 0 radical (unpaired) electrons. The summed E-state index contributed by atoms with van der Waals surface area (Å²) in [6.45, 7) is 4.76. The summed E-state index contributed by atoms with van der Waals surface area (Å²) >= 11 is 0. The van der Waals surface area contributed by atoms with Crippen LogP contribution < -0.4 is 27.3 Å². The van der Waals surface area contributed by atoms with Crippen molar-refractivity contribution in [3.05, 3.63) is 47.0 Å². The van der Waals surface area contributed by atoms with Gasteiger partial charge in [0.2, 0.25) is 5.91 Å². The number of nitriles is 1. The van der Waals surface area contributed by atoms with Gasteiger partial charge in [0.05, 0.1) is 30.3 Å². The molecule has 0 aromatic heterocycles. The van der Waals surface area contributed by atoms with Gasteiger partial charge >= 0.3 is 0 Å². The Morgan fingerprint density at radius 2 is 1.78 bits per heavy atom. The lowest BCUT2D eigenvalue weighted by Crippen LogP contribution is -2.85. The van der Waals surface area contributed by atoms with Crippen LogP contribution in [0.2, 0.25) is 0 Å². The van der Waals surface area contributed by atoms with Crippen LogP contribution in [0, 0.1) is 28.6 Å². The van der Waals surface area contributed by atoms with E-state index in [0.29, 0.717) is 35.6 Å². The number of primary amides is 1. The number of phenols is 1. The third-order valence-corrected chi connectivity index (χ3v) is 10.6. The number of hydrogen-bond donors (Lipinski definition) is 5. The molecule has 1 amide bonds. The molecule has 3 aliphatic rings. The van der Waals surface area contributed by atoms with Gasteiger partial charge in [0.15, 0.2) is 34.5 Å². The number of rotatable bonds is 13. The number of ether oxygens (including phenoxy) is 2. The molecule has 0 aliphatic heterocycles. The smallest absolute Gasteiger partial charge is 0.235 e. The van der Waals surface area contributed by atoms with E-state index in [1.165, 1.54) is 32.2 Å². The van der Waals surface area contributed by atoms with E-state index in [9.17, 15) is 34.3 Å². The van der Waals surface area contributed by atoms with E-state index in [1.54, 1.807) is 18.2 Å². The molecule has 2 aromatic carbocycles. The molecule has 0 saturated heterocycles. The van der Waals surface area contributed by atoms with Crippen molar-refractivity contribution in [1.29, 1.82) is 5.26 Å². The van der Waals surface area contributed by atoms with Crippen LogP contribution in [0.1, 0.15) is 54.1 Å². The predicted octanol–water partition coefficient (Wildman–Crippen LogP) is 0.780. The molecule has 51 heavy (non-hydrogen) atoms. The van der Waals surface area contributed by atoms with Crippen LogP contribution in [0.25, 0.3) is 11.1 Å². The Balaban J connectivity index is 1.58. The van der Waals surface area contributed by atoms with Gasteiger partial charge in [0, 0.05) is 30.9 Å². The second-order valence-corrected chi connectivity index (χ2v) is 14.1. The Morgan fingerprint density at radius 1 is 1.08 bits per heavy atom. The Hall–Kier alpha value is -4.52. The highest BCUT2D eigenvalue weighted by atomic mass is 16.5. The molecule has 272 valence electrons. The molecule has 6 atom stereocenters. The minimum atomic E-state index is -2.81. The minimum absolute atomic E-state index is 0.187. The van der Waals surface area contributed by atoms with Gasteiger partial charge in [0.1, 0.15) is 17.4 Å². The predicted molar refractivity (Wildman–Crippen MR) is 185 cm³/mol. The highest BCUT2D eigenvalue weighted by molar-refractivity contribution is 6.33. The van der Waals surface area contributed by atoms with E-state index in [4.69, 9.17) is 26.7 Å². The summed E-state index contributed by atoms with van der Waals surface area (Å²) in [5.74, 6) is -9.68. The third-order valence-electron chi connectivity index (χ3n) is 10.6. The van der Waals surface area contributed by atoms with E-state index in [1.807, 2.05) is 12.1 Å². The molecule has 2 saturated carbocycles. The zero-order valence-corrected chi connectivity index (χ0v) is 29.4. The minimum Gasteiger partial charge on any atom is -0.507 e. The van der Waals surface area contributed by atoms with Crippen molar-refractivity contribution < 1.29 is 38.6 Å². The summed E-state index contributed by atoms with van der Waals surface area (Å²) in [7, 11) is 4.42. The van der Waals surface area contributed by atoms with Crippen LogP contribution >= 0.6 is 0 Å². The Morgan fingerprint density at radius 3 is 2.41 bits per heavy atom. The molecule has 2 aromatic rings. The van der Waals surface area contributed by atoms with E-state index in [2.05, 4.69) is 12.2 Å². The number of fused-ring (bicyclic) bond motifs is 3. The molecule has 14 heteroatoms. The van der Waals surface area contributed by atoms with Crippen molar-refractivity contribution in [2.75, 3.05) is 41.0 Å². The maximum atomic E-state index is 14.6. The van der Waals surface area contributed by atoms with Crippen LogP contribution in [0.5, 0.6) is 11.5 Å². The number of nitrogens with zero attached hydrogens (tertiary/aromatic N) is 2. The van der Waals surface area contributed by atoms with Gasteiger partial charge in [-0.05, 0) is 81.2 Å². The zero-order valence-electron chi connectivity index (χ0n) is 29.4. The number of aromatic hydroxyl groups is 1. The Bertz CT molecular complexity index is 1820. The largest absolute Gasteiger partial charge is 0.507 e. The van der Waals surface area contributed by atoms with Crippen molar-refractivity contribution in [1.82, 2.24) is 10.2 Å². The van der Waals surface area contributed by atoms with Gasteiger partial charge < -0.3 is 37.1 Å². The average Bonchev–Trinajstić information content (AvgIpc) is 3.05. The number of ketones is 4. The van der Waals surface area contributed by atoms with Crippen molar-refractivity contribution in [2.24, 2.45) is 34.5 Å². The normalized spacial score (nSPS) is 28.5. The molecule has 0 bridgehead atoms. The summed E-state index contributed by atoms with van der Waals surface area (Å²) in [4.78, 5) is 70.5. The zero-order chi connectivity index (χ0) is 37.5. The van der Waals surface area contributed by atoms with Crippen LogP contribution in [-0.2, 0) is 36.9 Å². The average molecular weight is 703 g/mol. The first kappa shape index (κ1) is 37.7. The molecular formula is C37H46N6O8. The Labute approximate surface area is 296 Å². The maximum Gasteiger partial charge on any atom is 0.235 e. The van der Waals surface area contributed by atoms with Crippen molar-refractivity contribution in [3.8, 4) is 28.7 Å². The number of likely N-dealkylation sites (N-methyl/N-ethyl adjacent to an activating group) is 1. The quantitative estimate of drug-likeness (QED) is 0.143. The fourth-order valence-corrected chi connectivity index (χ4v) is 8.42. The number of nitrogens with two attached hydrogens (primary N) is 3. The summed E-state index contributed by atoms with van der Waals surface area (Å²) < 4.78 is 11.3. The van der Waals surface area contributed by atoms with E-state index < -0.39 is 75.6 Å². The molecule has 2 unspecified atom stereocenters. The first-order chi connectivity index (χ1) is 24.1. The number of Topliss-reactive ketones (excluding diaryl/α,β-unsaturated/α-hetero) is 4. The second kappa shape index (κ2) is 14.2. The number of hydrogen-bond acceptors (Lipinski definition) is 13. The van der Waals surface area contributed by atoms with Gasteiger partial charge in [-0.2, -0.15) is 5.26 Å². The van der Waals surface area contributed by atoms with Crippen LogP contribution in [0.3, 0.4) is 0 Å².